The van der Waals surface area contributed by atoms with Crippen LogP contribution in [-0.2, 0) is 14.3 Å². The number of ether oxygens (including phenoxy) is 1. The minimum absolute atomic E-state index is 0.129. The first-order valence-electron chi connectivity index (χ1n) is 7.44. The van der Waals surface area contributed by atoms with Crippen LogP contribution in [0.5, 0.6) is 0 Å². The summed E-state index contributed by atoms with van der Waals surface area (Å²) in [5.41, 5.74) is 6.24. The molecule has 0 bridgehead atoms. The minimum Gasteiger partial charge on any atom is -0.459 e. The summed E-state index contributed by atoms with van der Waals surface area (Å²) in [7, 11) is 0. The molecule has 2 amide bonds. The van der Waals surface area contributed by atoms with Gasteiger partial charge in [0.1, 0.15) is 5.50 Å². The minimum atomic E-state index is -0.398. The van der Waals surface area contributed by atoms with E-state index in [9.17, 15) is 14.4 Å². The molecule has 2 rings (SSSR count). The molecule has 0 radical (unpaired) electrons. The van der Waals surface area contributed by atoms with E-state index >= 15 is 0 Å². The summed E-state index contributed by atoms with van der Waals surface area (Å²) in [6, 6.07) is 6.48. The fourth-order valence-electron chi connectivity index (χ4n) is 1.87. The molecule has 1 saturated heterocycles. The maximum Gasteiger partial charge on any atom is 0.338 e. The molecule has 1 unspecified atom stereocenters. The van der Waals surface area contributed by atoms with Crippen LogP contribution in [0.1, 0.15) is 24.2 Å². The van der Waals surface area contributed by atoms with Crippen molar-refractivity contribution in [2.45, 2.75) is 25.4 Å². The Bertz CT molecular complexity index is 606. The van der Waals surface area contributed by atoms with Gasteiger partial charge in [0, 0.05) is 5.69 Å². The summed E-state index contributed by atoms with van der Waals surface area (Å²) in [6.45, 7) is 3.77. The number of nitrogens with one attached hydrogen (secondary N) is 4. The van der Waals surface area contributed by atoms with Crippen molar-refractivity contribution in [1.29, 1.82) is 0 Å². The van der Waals surface area contributed by atoms with Crippen molar-refractivity contribution in [3.63, 3.8) is 0 Å². The van der Waals surface area contributed by atoms with Gasteiger partial charge in [0.05, 0.1) is 24.0 Å². The Morgan fingerprint density at radius 1 is 1.33 bits per heavy atom. The predicted octanol–water partition coefficient (Wildman–Crippen LogP) is 0.431. The van der Waals surface area contributed by atoms with E-state index in [4.69, 9.17) is 4.74 Å². The molecule has 1 fully saturated rings. The number of amides is 2. The molecule has 0 aromatic heterocycles. The lowest BCUT2D eigenvalue weighted by Gasteiger charge is -2.24. The van der Waals surface area contributed by atoms with Crippen LogP contribution in [-0.4, -0.2) is 41.7 Å². The Hall–Kier alpha value is -2.10. The van der Waals surface area contributed by atoms with Gasteiger partial charge in [-0.2, -0.15) is 0 Å². The van der Waals surface area contributed by atoms with E-state index in [2.05, 4.69) is 21.5 Å². The second-order valence-electron chi connectivity index (χ2n) is 5.34. The van der Waals surface area contributed by atoms with E-state index < -0.39 is 5.97 Å². The summed E-state index contributed by atoms with van der Waals surface area (Å²) in [4.78, 5) is 34.8. The molecule has 1 heterocycles. The highest BCUT2D eigenvalue weighted by Gasteiger charge is 2.18. The van der Waals surface area contributed by atoms with Gasteiger partial charge in [-0.3, -0.25) is 9.59 Å². The SMILES string of the molecule is CC(C)OC(=O)c1ccc(NC(=O)CSC2NNCC(=O)N2)cc1. The Kier molecular flexibility index (Phi) is 6.59. The summed E-state index contributed by atoms with van der Waals surface area (Å²) < 4.78 is 5.09. The van der Waals surface area contributed by atoms with Gasteiger partial charge in [0.25, 0.3) is 0 Å². The average Bonchev–Trinajstić information content (AvgIpc) is 2.53. The van der Waals surface area contributed by atoms with E-state index in [1.165, 1.54) is 11.8 Å². The molecule has 1 aliphatic rings. The lowest BCUT2D eigenvalue weighted by Crippen LogP contribution is -2.58. The van der Waals surface area contributed by atoms with Crippen LogP contribution < -0.4 is 21.5 Å². The third kappa shape index (κ3) is 5.84. The highest BCUT2D eigenvalue weighted by Crippen LogP contribution is 2.13. The predicted molar refractivity (Wildman–Crippen MR) is 91.2 cm³/mol. The first kappa shape index (κ1) is 18.2. The molecule has 1 aromatic carbocycles. The first-order valence-corrected chi connectivity index (χ1v) is 8.49. The topological polar surface area (TPSA) is 109 Å². The van der Waals surface area contributed by atoms with Crippen molar-refractivity contribution in [3.8, 4) is 0 Å². The summed E-state index contributed by atoms with van der Waals surface area (Å²) in [6.07, 6.45) is -0.183. The fraction of sp³-hybridized carbons (Fsp3) is 0.400. The summed E-state index contributed by atoms with van der Waals surface area (Å²) in [5.74, 6) is -0.573. The molecular weight excluding hydrogens is 332 g/mol. The number of carbonyl (C=O) groups excluding carboxylic acids is 3. The number of esters is 1. The Labute approximate surface area is 144 Å². The van der Waals surface area contributed by atoms with Crippen molar-refractivity contribution >= 4 is 35.2 Å². The maximum atomic E-state index is 11.9. The molecule has 8 nitrogen and oxygen atoms in total. The van der Waals surface area contributed by atoms with Gasteiger partial charge < -0.3 is 15.4 Å². The lowest BCUT2D eigenvalue weighted by molar-refractivity contribution is -0.122. The van der Waals surface area contributed by atoms with Gasteiger partial charge in [0.15, 0.2) is 0 Å². The van der Waals surface area contributed by atoms with Crippen LogP contribution >= 0.6 is 11.8 Å². The van der Waals surface area contributed by atoms with Crippen LogP contribution in [0.4, 0.5) is 5.69 Å². The number of benzene rings is 1. The number of hydrazine groups is 1. The van der Waals surface area contributed by atoms with E-state index in [0.29, 0.717) is 11.3 Å². The van der Waals surface area contributed by atoms with Gasteiger partial charge in [0.2, 0.25) is 11.8 Å². The number of hydrogen-bond donors (Lipinski definition) is 4. The molecular formula is C15H20N4O4S. The standard InChI is InChI=1S/C15H20N4O4S/c1-9(2)23-14(22)10-3-5-11(6-4-10)17-13(21)8-24-15-18-12(20)7-16-19-15/h3-6,9,15-16,19H,7-8H2,1-2H3,(H,17,21)(H,18,20). The van der Waals surface area contributed by atoms with Crippen molar-refractivity contribution in [2.24, 2.45) is 0 Å². The third-order valence-electron chi connectivity index (χ3n) is 2.90. The van der Waals surface area contributed by atoms with Gasteiger partial charge in [-0.1, -0.05) is 0 Å². The molecule has 1 aliphatic heterocycles. The Balaban J connectivity index is 1.79. The van der Waals surface area contributed by atoms with Gasteiger partial charge in [-0.25, -0.2) is 15.6 Å². The number of thioether (sulfide) groups is 1. The zero-order chi connectivity index (χ0) is 17.5. The zero-order valence-corrected chi connectivity index (χ0v) is 14.2. The first-order chi connectivity index (χ1) is 11.4. The van der Waals surface area contributed by atoms with Crippen LogP contribution in [0.25, 0.3) is 0 Å². The molecule has 0 aliphatic carbocycles. The van der Waals surface area contributed by atoms with Crippen LogP contribution in [0.2, 0.25) is 0 Å². The molecule has 4 N–H and O–H groups in total. The highest BCUT2D eigenvalue weighted by molar-refractivity contribution is 8.00. The highest BCUT2D eigenvalue weighted by atomic mass is 32.2. The lowest BCUT2D eigenvalue weighted by atomic mass is 10.2. The van der Waals surface area contributed by atoms with Crippen LogP contribution in [0, 0.1) is 0 Å². The quantitative estimate of drug-likeness (QED) is 0.550. The van der Waals surface area contributed by atoms with E-state index in [0.717, 1.165) is 0 Å². The Morgan fingerprint density at radius 2 is 2.04 bits per heavy atom. The van der Waals surface area contributed by atoms with E-state index in [-0.39, 0.29) is 35.7 Å². The fourth-order valence-corrected chi connectivity index (χ4v) is 2.64. The smallest absolute Gasteiger partial charge is 0.338 e. The molecule has 24 heavy (non-hydrogen) atoms. The summed E-state index contributed by atoms with van der Waals surface area (Å²) in [5, 5.41) is 5.42. The van der Waals surface area contributed by atoms with E-state index in [1.54, 1.807) is 38.1 Å². The number of hydrogen-bond acceptors (Lipinski definition) is 7. The number of anilines is 1. The van der Waals surface area contributed by atoms with Crippen molar-refractivity contribution < 1.29 is 19.1 Å². The molecule has 1 aromatic rings. The number of carbonyl (C=O) groups is 3. The molecule has 0 spiro atoms. The largest absolute Gasteiger partial charge is 0.459 e. The van der Waals surface area contributed by atoms with Crippen LogP contribution in [0.15, 0.2) is 24.3 Å². The molecule has 9 heteroatoms. The average molecular weight is 352 g/mol. The molecule has 1 atom stereocenters. The van der Waals surface area contributed by atoms with Crippen molar-refractivity contribution in [3.05, 3.63) is 29.8 Å². The second-order valence-corrected chi connectivity index (χ2v) is 6.43. The zero-order valence-electron chi connectivity index (χ0n) is 13.4. The van der Waals surface area contributed by atoms with Crippen molar-refractivity contribution in [1.82, 2.24) is 16.2 Å². The number of rotatable bonds is 6. The molecule has 0 saturated carbocycles. The molecule has 130 valence electrons. The van der Waals surface area contributed by atoms with E-state index in [1.807, 2.05) is 0 Å². The van der Waals surface area contributed by atoms with Crippen molar-refractivity contribution in [2.75, 3.05) is 17.6 Å². The normalized spacial score (nSPS) is 17.3. The van der Waals surface area contributed by atoms with Gasteiger partial charge in [-0.15, -0.1) is 11.8 Å². The van der Waals surface area contributed by atoms with Gasteiger partial charge in [-0.05, 0) is 38.1 Å². The maximum absolute atomic E-state index is 11.9. The van der Waals surface area contributed by atoms with Gasteiger partial charge >= 0.3 is 5.97 Å². The summed E-state index contributed by atoms with van der Waals surface area (Å²) >= 11 is 1.25. The van der Waals surface area contributed by atoms with Crippen LogP contribution in [0.3, 0.4) is 0 Å². The Morgan fingerprint density at radius 3 is 2.67 bits per heavy atom. The monoisotopic (exact) mass is 352 g/mol. The second kappa shape index (κ2) is 8.67. The third-order valence-corrected chi connectivity index (χ3v) is 3.90.